The zero-order valence-corrected chi connectivity index (χ0v) is 14.7. The van der Waals surface area contributed by atoms with Gasteiger partial charge in [0.1, 0.15) is 11.4 Å². The lowest BCUT2D eigenvalue weighted by atomic mass is 10.1. The fourth-order valence-electron chi connectivity index (χ4n) is 3.47. The van der Waals surface area contributed by atoms with Crippen LogP contribution in [-0.4, -0.2) is 29.4 Å². The molecule has 1 N–H and O–H groups in total. The molecule has 6 nitrogen and oxygen atoms in total. The largest absolute Gasteiger partial charge is 0.497 e. The molecule has 0 atom stereocenters. The first-order valence-corrected chi connectivity index (χ1v) is 8.72. The number of hydrogen-bond acceptors (Lipinski definition) is 5. The lowest BCUT2D eigenvalue weighted by molar-refractivity contribution is 0.0826. The van der Waals surface area contributed by atoms with Crippen molar-refractivity contribution in [1.29, 1.82) is 0 Å². The van der Waals surface area contributed by atoms with Crippen LogP contribution in [0.2, 0.25) is 0 Å². The number of nitrogens with zero attached hydrogens (tertiary/aromatic N) is 2. The summed E-state index contributed by atoms with van der Waals surface area (Å²) in [6.07, 6.45) is 1.92. The number of carbonyl (C=O) groups is 1. The van der Waals surface area contributed by atoms with Gasteiger partial charge in [0.15, 0.2) is 0 Å². The van der Waals surface area contributed by atoms with Crippen LogP contribution in [-0.2, 0) is 6.54 Å². The van der Waals surface area contributed by atoms with E-state index in [4.69, 9.17) is 9.15 Å². The summed E-state index contributed by atoms with van der Waals surface area (Å²) in [5.74, 6) is 1.94. The van der Waals surface area contributed by atoms with Gasteiger partial charge in [0, 0.05) is 16.8 Å². The highest BCUT2D eigenvalue weighted by Crippen LogP contribution is 2.34. The van der Waals surface area contributed by atoms with E-state index in [-0.39, 0.29) is 5.91 Å². The Labute approximate surface area is 156 Å². The molecule has 1 amide bonds. The monoisotopic (exact) mass is 359 g/mol. The van der Waals surface area contributed by atoms with E-state index in [0.29, 0.717) is 36.1 Å². The predicted octanol–water partition coefficient (Wildman–Crippen LogP) is 3.77. The Kier molecular flexibility index (Phi) is 3.50. The summed E-state index contributed by atoms with van der Waals surface area (Å²) >= 11 is 0. The van der Waals surface area contributed by atoms with Crippen molar-refractivity contribution in [3.05, 3.63) is 71.0 Å². The van der Waals surface area contributed by atoms with Gasteiger partial charge in [0.25, 0.3) is 5.91 Å². The van der Waals surface area contributed by atoms with E-state index >= 15 is 0 Å². The Morgan fingerprint density at radius 1 is 1.19 bits per heavy atom. The number of amides is 1. The number of anilines is 1. The Morgan fingerprint density at radius 2 is 2.04 bits per heavy atom. The predicted molar refractivity (Wildman–Crippen MR) is 101 cm³/mol. The molecule has 0 unspecified atom stereocenters. The molecule has 5 rings (SSSR count). The first-order valence-electron chi connectivity index (χ1n) is 8.72. The molecular weight excluding hydrogens is 342 g/mol. The van der Waals surface area contributed by atoms with Crippen molar-refractivity contribution < 1.29 is 13.9 Å². The second kappa shape index (κ2) is 6.02. The molecule has 27 heavy (non-hydrogen) atoms. The van der Waals surface area contributed by atoms with Crippen molar-refractivity contribution in [3.63, 3.8) is 0 Å². The second-order valence-corrected chi connectivity index (χ2v) is 6.50. The molecule has 3 aromatic rings. The molecule has 0 saturated heterocycles. The van der Waals surface area contributed by atoms with E-state index in [9.17, 15) is 4.79 Å². The maximum absolute atomic E-state index is 12.8. The molecule has 0 bridgehead atoms. The molecule has 0 aliphatic carbocycles. The molecule has 0 fully saturated rings. The minimum atomic E-state index is -0.00377. The molecule has 134 valence electrons. The SMILES string of the molecule is COc1ccc2c(c1)CN(C1=Cc3nc(-c4ccccc4)oc3NC1)C2=O. The average Bonchev–Trinajstić information content (AvgIpc) is 3.29. The fraction of sp³-hybridized carbons (Fsp3) is 0.143. The standard InChI is InChI=1S/C21H17N3O3/c1-26-16-7-8-17-14(9-16)12-24(21(17)25)15-10-18-20(22-11-15)27-19(23-18)13-5-3-2-4-6-13/h2-10,22H,11-12H2,1H3. The summed E-state index contributed by atoms with van der Waals surface area (Å²) in [6.45, 7) is 1.03. The number of oxazole rings is 1. The second-order valence-electron chi connectivity index (χ2n) is 6.50. The third-order valence-corrected chi connectivity index (χ3v) is 4.87. The van der Waals surface area contributed by atoms with E-state index in [1.165, 1.54) is 0 Å². The molecular formula is C21H17N3O3. The lowest BCUT2D eigenvalue weighted by Gasteiger charge is -2.22. The minimum Gasteiger partial charge on any atom is -0.497 e. The quantitative estimate of drug-likeness (QED) is 0.771. The molecule has 0 radical (unpaired) electrons. The number of nitrogens with one attached hydrogen (secondary N) is 1. The van der Waals surface area contributed by atoms with Crippen LogP contribution < -0.4 is 10.1 Å². The van der Waals surface area contributed by atoms with Gasteiger partial charge < -0.3 is 19.4 Å². The van der Waals surface area contributed by atoms with Crippen LogP contribution in [0.1, 0.15) is 21.6 Å². The summed E-state index contributed by atoms with van der Waals surface area (Å²) in [6, 6.07) is 15.3. The van der Waals surface area contributed by atoms with Crippen LogP contribution in [0.3, 0.4) is 0 Å². The number of hydrogen-bond donors (Lipinski definition) is 1. The van der Waals surface area contributed by atoms with Gasteiger partial charge in [0.05, 0.1) is 20.2 Å². The summed E-state index contributed by atoms with van der Waals surface area (Å²) < 4.78 is 11.1. The highest BCUT2D eigenvalue weighted by atomic mass is 16.5. The molecule has 3 heterocycles. The van der Waals surface area contributed by atoms with Gasteiger partial charge in [-0.2, -0.15) is 0 Å². The molecule has 2 aromatic carbocycles. The number of benzene rings is 2. The minimum absolute atomic E-state index is 0.00377. The van der Waals surface area contributed by atoms with Crippen LogP contribution in [0.5, 0.6) is 5.75 Å². The number of ether oxygens (including phenoxy) is 1. The van der Waals surface area contributed by atoms with E-state index in [1.54, 1.807) is 12.0 Å². The van der Waals surface area contributed by atoms with Crippen LogP contribution >= 0.6 is 0 Å². The smallest absolute Gasteiger partial charge is 0.258 e. The van der Waals surface area contributed by atoms with Crippen molar-refractivity contribution in [2.45, 2.75) is 6.54 Å². The van der Waals surface area contributed by atoms with Crippen molar-refractivity contribution in [2.75, 3.05) is 19.0 Å². The molecule has 1 aromatic heterocycles. The average molecular weight is 359 g/mol. The van der Waals surface area contributed by atoms with E-state index in [2.05, 4.69) is 10.3 Å². The normalized spacial score (nSPS) is 15.1. The molecule has 2 aliphatic rings. The van der Waals surface area contributed by atoms with Crippen LogP contribution in [0.15, 0.2) is 58.6 Å². The van der Waals surface area contributed by atoms with Gasteiger partial charge in [-0.3, -0.25) is 4.79 Å². The first kappa shape index (κ1) is 15.7. The highest BCUT2D eigenvalue weighted by molar-refractivity contribution is 6.00. The topological polar surface area (TPSA) is 67.6 Å². The number of aromatic nitrogens is 1. The third-order valence-electron chi connectivity index (χ3n) is 4.87. The molecule has 0 spiro atoms. The van der Waals surface area contributed by atoms with E-state index in [1.807, 2.05) is 54.6 Å². The number of methoxy groups -OCH3 is 1. The number of carbonyl (C=O) groups excluding carboxylic acids is 1. The van der Waals surface area contributed by atoms with Crippen LogP contribution in [0.4, 0.5) is 5.88 Å². The Bertz CT molecular complexity index is 1070. The number of fused-ring (bicyclic) bond motifs is 2. The Morgan fingerprint density at radius 3 is 2.85 bits per heavy atom. The first-order chi connectivity index (χ1) is 13.2. The van der Waals surface area contributed by atoms with Crippen LogP contribution in [0.25, 0.3) is 17.5 Å². The fourth-order valence-corrected chi connectivity index (χ4v) is 3.47. The Balaban J connectivity index is 1.46. The maximum atomic E-state index is 12.8. The van der Waals surface area contributed by atoms with Crippen molar-refractivity contribution in [1.82, 2.24) is 9.88 Å². The Hall–Kier alpha value is -3.54. The third kappa shape index (κ3) is 2.57. The molecule has 0 saturated carbocycles. The summed E-state index contributed by atoms with van der Waals surface area (Å²) in [4.78, 5) is 19.2. The number of rotatable bonds is 3. The van der Waals surface area contributed by atoms with Crippen molar-refractivity contribution >= 4 is 17.9 Å². The molecule has 6 heteroatoms. The lowest BCUT2D eigenvalue weighted by Crippen LogP contribution is -2.28. The zero-order valence-electron chi connectivity index (χ0n) is 14.7. The van der Waals surface area contributed by atoms with Gasteiger partial charge in [-0.25, -0.2) is 4.98 Å². The van der Waals surface area contributed by atoms with Crippen molar-refractivity contribution in [3.8, 4) is 17.2 Å². The van der Waals surface area contributed by atoms with E-state index < -0.39 is 0 Å². The zero-order chi connectivity index (χ0) is 18.4. The van der Waals surface area contributed by atoms with Crippen molar-refractivity contribution in [2.24, 2.45) is 0 Å². The maximum Gasteiger partial charge on any atom is 0.258 e. The highest BCUT2D eigenvalue weighted by Gasteiger charge is 2.32. The van der Waals surface area contributed by atoms with Gasteiger partial charge in [0.2, 0.25) is 11.8 Å². The molecule has 2 aliphatic heterocycles. The van der Waals surface area contributed by atoms with E-state index in [0.717, 1.165) is 22.6 Å². The van der Waals surface area contributed by atoms with Gasteiger partial charge in [-0.1, -0.05) is 18.2 Å². The summed E-state index contributed by atoms with van der Waals surface area (Å²) in [5, 5.41) is 3.23. The van der Waals surface area contributed by atoms with Gasteiger partial charge >= 0.3 is 0 Å². The van der Waals surface area contributed by atoms with Gasteiger partial charge in [-0.15, -0.1) is 0 Å². The summed E-state index contributed by atoms with van der Waals surface area (Å²) in [7, 11) is 1.63. The van der Waals surface area contributed by atoms with Gasteiger partial charge in [-0.05, 0) is 42.0 Å². The van der Waals surface area contributed by atoms with Crippen LogP contribution in [0, 0.1) is 0 Å². The summed E-state index contributed by atoms with van der Waals surface area (Å²) in [5.41, 5.74) is 4.18.